The molecule has 0 aliphatic rings. The Balaban J connectivity index is 2.48. The van der Waals surface area contributed by atoms with Crippen molar-refractivity contribution < 1.29 is 9.47 Å². The van der Waals surface area contributed by atoms with Crippen LogP contribution in [0.15, 0.2) is 18.3 Å². The molecular weight excluding hydrogens is 293 g/mol. The first-order valence-corrected chi connectivity index (χ1v) is 6.85. The minimum Gasteiger partial charge on any atom is -0.493 e. The zero-order chi connectivity index (χ0) is 13.1. The summed E-state index contributed by atoms with van der Waals surface area (Å²) in [5.41, 5.74) is 0.888. The number of rotatable bonds is 4. The maximum atomic E-state index is 6.15. The fourth-order valence-electron chi connectivity index (χ4n) is 1.54. The number of benzene rings is 1. The Kier molecular flexibility index (Phi) is 4.32. The van der Waals surface area contributed by atoms with E-state index in [2.05, 4.69) is 4.98 Å². The van der Waals surface area contributed by atoms with E-state index in [1.54, 1.807) is 26.5 Å². The molecule has 0 aliphatic carbocycles. The average Bonchev–Trinajstić information content (AvgIpc) is 2.86. The Bertz CT molecular complexity index is 557. The summed E-state index contributed by atoms with van der Waals surface area (Å²) in [5.74, 6) is 1.57. The van der Waals surface area contributed by atoms with Crippen molar-refractivity contribution in [3.8, 4) is 22.1 Å². The second-order valence-electron chi connectivity index (χ2n) is 3.46. The molecule has 2 aromatic rings. The van der Waals surface area contributed by atoms with Gasteiger partial charge in [-0.05, 0) is 12.1 Å². The molecule has 0 bridgehead atoms. The van der Waals surface area contributed by atoms with E-state index in [1.165, 1.54) is 11.3 Å². The molecular formula is C12H11Cl2NO2S. The average molecular weight is 304 g/mol. The molecule has 18 heavy (non-hydrogen) atoms. The molecule has 96 valence electrons. The summed E-state index contributed by atoms with van der Waals surface area (Å²) in [5, 5.41) is 1.35. The fourth-order valence-corrected chi connectivity index (χ4v) is 2.81. The molecule has 0 aliphatic heterocycles. The van der Waals surface area contributed by atoms with Gasteiger partial charge < -0.3 is 9.47 Å². The number of alkyl halides is 1. The molecule has 0 fully saturated rings. The number of thiazole rings is 1. The van der Waals surface area contributed by atoms with Gasteiger partial charge in [-0.3, -0.25) is 0 Å². The molecule has 0 spiro atoms. The van der Waals surface area contributed by atoms with Gasteiger partial charge in [0.1, 0.15) is 5.01 Å². The van der Waals surface area contributed by atoms with Crippen molar-refractivity contribution in [2.75, 3.05) is 14.2 Å². The van der Waals surface area contributed by atoms with Crippen LogP contribution in [0.4, 0.5) is 0 Å². The summed E-state index contributed by atoms with van der Waals surface area (Å²) >= 11 is 13.4. The van der Waals surface area contributed by atoms with Gasteiger partial charge in [0.25, 0.3) is 0 Å². The lowest BCUT2D eigenvalue weighted by molar-refractivity contribution is 0.355. The number of methoxy groups -OCH3 is 2. The van der Waals surface area contributed by atoms with Crippen molar-refractivity contribution in [2.24, 2.45) is 0 Å². The van der Waals surface area contributed by atoms with Gasteiger partial charge in [-0.2, -0.15) is 0 Å². The number of nitrogens with zero attached hydrogens (tertiary/aromatic N) is 1. The van der Waals surface area contributed by atoms with Crippen molar-refractivity contribution in [1.82, 2.24) is 4.98 Å². The Morgan fingerprint density at radius 2 is 2.06 bits per heavy atom. The topological polar surface area (TPSA) is 31.4 Å². The van der Waals surface area contributed by atoms with Crippen LogP contribution in [0, 0.1) is 0 Å². The van der Waals surface area contributed by atoms with Gasteiger partial charge in [-0.15, -0.1) is 22.9 Å². The predicted molar refractivity (Wildman–Crippen MR) is 75.2 cm³/mol. The zero-order valence-electron chi connectivity index (χ0n) is 9.87. The number of hydrogen-bond acceptors (Lipinski definition) is 4. The predicted octanol–water partition coefficient (Wildman–Crippen LogP) is 4.22. The molecule has 3 nitrogen and oxygen atoms in total. The fraction of sp³-hybridized carbons (Fsp3) is 0.250. The van der Waals surface area contributed by atoms with Crippen LogP contribution in [0.1, 0.15) is 4.88 Å². The van der Waals surface area contributed by atoms with E-state index in [-0.39, 0.29) is 0 Å². The SMILES string of the molecule is COc1cc(-c2ncc(CCl)s2)cc(Cl)c1OC. The van der Waals surface area contributed by atoms with E-state index < -0.39 is 0 Å². The first-order valence-electron chi connectivity index (χ1n) is 5.12. The largest absolute Gasteiger partial charge is 0.493 e. The third kappa shape index (κ3) is 2.55. The van der Waals surface area contributed by atoms with Crippen molar-refractivity contribution >= 4 is 34.5 Å². The first-order chi connectivity index (χ1) is 8.69. The number of aromatic nitrogens is 1. The van der Waals surface area contributed by atoms with Gasteiger partial charge >= 0.3 is 0 Å². The van der Waals surface area contributed by atoms with E-state index in [4.69, 9.17) is 32.7 Å². The van der Waals surface area contributed by atoms with E-state index in [1.807, 2.05) is 6.07 Å². The van der Waals surface area contributed by atoms with Crippen LogP contribution in [0.25, 0.3) is 10.6 Å². The van der Waals surface area contributed by atoms with E-state index in [0.29, 0.717) is 22.4 Å². The second kappa shape index (κ2) is 5.78. The summed E-state index contributed by atoms with van der Waals surface area (Å²) in [6.07, 6.45) is 1.76. The molecule has 1 heterocycles. The highest BCUT2D eigenvalue weighted by atomic mass is 35.5. The normalized spacial score (nSPS) is 10.4. The molecule has 0 N–H and O–H groups in total. The van der Waals surface area contributed by atoms with Crippen molar-refractivity contribution in [3.05, 3.63) is 28.2 Å². The minimum atomic E-state index is 0.457. The van der Waals surface area contributed by atoms with Crippen molar-refractivity contribution in [1.29, 1.82) is 0 Å². The monoisotopic (exact) mass is 303 g/mol. The first kappa shape index (κ1) is 13.5. The Labute approximate surface area is 119 Å². The van der Waals surface area contributed by atoms with Crippen molar-refractivity contribution in [2.45, 2.75) is 5.88 Å². The smallest absolute Gasteiger partial charge is 0.179 e. The summed E-state index contributed by atoms with van der Waals surface area (Å²) < 4.78 is 10.4. The number of halogens is 2. The lowest BCUT2D eigenvalue weighted by atomic mass is 10.2. The molecule has 0 saturated carbocycles. The highest BCUT2D eigenvalue weighted by Gasteiger charge is 2.13. The lowest BCUT2D eigenvalue weighted by Gasteiger charge is -2.10. The molecule has 0 radical (unpaired) electrons. The van der Waals surface area contributed by atoms with Gasteiger partial charge in [0.2, 0.25) is 0 Å². The molecule has 2 rings (SSSR count). The van der Waals surface area contributed by atoms with E-state index >= 15 is 0 Å². The van der Waals surface area contributed by atoms with E-state index in [9.17, 15) is 0 Å². The number of ether oxygens (including phenoxy) is 2. The van der Waals surface area contributed by atoms with Crippen LogP contribution >= 0.6 is 34.5 Å². The molecule has 0 saturated heterocycles. The van der Waals surface area contributed by atoms with Crippen molar-refractivity contribution in [3.63, 3.8) is 0 Å². The van der Waals surface area contributed by atoms with Gasteiger partial charge in [0.15, 0.2) is 11.5 Å². The molecule has 6 heteroatoms. The third-order valence-corrected chi connectivity index (χ3v) is 4.14. The maximum absolute atomic E-state index is 6.15. The Morgan fingerprint density at radius 1 is 1.28 bits per heavy atom. The third-order valence-electron chi connectivity index (χ3n) is 2.37. The highest BCUT2D eigenvalue weighted by molar-refractivity contribution is 7.15. The van der Waals surface area contributed by atoms with Crippen LogP contribution in [0.3, 0.4) is 0 Å². The minimum absolute atomic E-state index is 0.457. The maximum Gasteiger partial charge on any atom is 0.179 e. The van der Waals surface area contributed by atoms with Crippen LogP contribution in [-0.4, -0.2) is 19.2 Å². The van der Waals surface area contributed by atoms with Gasteiger partial charge in [-0.1, -0.05) is 11.6 Å². The van der Waals surface area contributed by atoms with Gasteiger partial charge in [0, 0.05) is 16.6 Å². The molecule has 0 atom stereocenters. The Hall–Kier alpha value is -0.970. The summed E-state index contributed by atoms with van der Waals surface area (Å²) in [6, 6.07) is 3.65. The van der Waals surface area contributed by atoms with Gasteiger partial charge in [-0.25, -0.2) is 4.98 Å². The standard InChI is InChI=1S/C12H11Cl2NO2S/c1-16-10-4-7(3-9(14)11(10)17-2)12-15-6-8(5-13)18-12/h3-4,6H,5H2,1-2H3. The second-order valence-corrected chi connectivity index (χ2v) is 5.25. The quantitative estimate of drug-likeness (QED) is 0.793. The summed E-state index contributed by atoms with van der Waals surface area (Å²) in [7, 11) is 3.13. The highest BCUT2D eigenvalue weighted by Crippen LogP contribution is 2.40. The molecule has 1 aromatic heterocycles. The lowest BCUT2D eigenvalue weighted by Crippen LogP contribution is -1.92. The summed E-state index contributed by atoms with van der Waals surface area (Å²) in [4.78, 5) is 5.32. The van der Waals surface area contributed by atoms with Crippen LogP contribution < -0.4 is 9.47 Å². The molecule has 0 unspecified atom stereocenters. The molecule has 1 aromatic carbocycles. The van der Waals surface area contributed by atoms with Crippen LogP contribution in [-0.2, 0) is 5.88 Å². The summed E-state index contributed by atoms with van der Waals surface area (Å²) in [6.45, 7) is 0. The Morgan fingerprint density at radius 3 is 2.61 bits per heavy atom. The van der Waals surface area contributed by atoms with Crippen LogP contribution in [0.2, 0.25) is 5.02 Å². The van der Waals surface area contributed by atoms with E-state index in [0.717, 1.165) is 15.4 Å². The van der Waals surface area contributed by atoms with Crippen LogP contribution in [0.5, 0.6) is 11.5 Å². The van der Waals surface area contributed by atoms with Gasteiger partial charge in [0.05, 0.1) is 25.1 Å². The number of hydrogen-bond donors (Lipinski definition) is 0. The molecule has 0 amide bonds. The zero-order valence-corrected chi connectivity index (χ0v) is 12.2.